The summed E-state index contributed by atoms with van der Waals surface area (Å²) in [5.74, 6) is 0. The maximum absolute atomic E-state index is 2.17. The molecule has 0 fully saturated rings. The van der Waals surface area contributed by atoms with Crippen molar-refractivity contribution in [3.05, 3.63) is 0 Å². The summed E-state index contributed by atoms with van der Waals surface area (Å²) < 4.78 is 0. The summed E-state index contributed by atoms with van der Waals surface area (Å²) >= 11 is 0. The first-order valence-corrected chi connectivity index (χ1v) is 3.72. The fourth-order valence-electron chi connectivity index (χ4n) is 0. The Bertz CT molecular complexity index is 33.8. The van der Waals surface area contributed by atoms with Gasteiger partial charge in [0.05, 0.1) is 0 Å². The van der Waals surface area contributed by atoms with E-state index in [4.69, 9.17) is 0 Å². The van der Waals surface area contributed by atoms with Crippen molar-refractivity contribution in [2.45, 2.75) is 40.2 Å². The molecule has 0 aromatic rings. The first kappa shape index (κ1) is 11.7. The van der Waals surface area contributed by atoms with Crippen LogP contribution in [0.2, 0.25) is 0 Å². The molecule has 1 nitrogen and oxygen atoms in total. The summed E-state index contributed by atoms with van der Waals surface area (Å²) in [6.45, 7) is 8.58. The van der Waals surface area contributed by atoms with Crippen LogP contribution >= 0.6 is 0 Å². The van der Waals surface area contributed by atoms with E-state index in [1.54, 1.807) is 0 Å². The second-order valence-electron chi connectivity index (χ2n) is 2.76. The first-order chi connectivity index (χ1) is 4.06. The normalized spacial score (nSPS) is 9.33. The molecular formula is C8H21N. The lowest BCUT2D eigenvalue weighted by molar-refractivity contribution is 0.335. The summed E-state index contributed by atoms with van der Waals surface area (Å²) in [5, 5.41) is 0. The Morgan fingerprint density at radius 3 is 1.22 bits per heavy atom. The molecule has 58 valence electrons. The van der Waals surface area contributed by atoms with E-state index in [-0.39, 0.29) is 0 Å². The minimum Gasteiger partial charge on any atom is -0.307 e. The van der Waals surface area contributed by atoms with Crippen LogP contribution in [0.25, 0.3) is 0 Å². The topological polar surface area (TPSA) is 3.24 Å². The van der Waals surface area contributed by atoms with Gasteiger partial charge in [0, 0.05) is 6.04 Å². The minimum atomic E-state index is 0.685. The van der Waals surface area contributed by atoms with Crippen LogP contribution in [-0.2, 0) is 0 Å². The zero-order valence-corrected chi connectivity index (χ0v) is 7.73. The Hall–Kier alpha value is -0.0400. The molecule has 0 rings (SSSR count). The van der Waals surface area contributed by atoms with Crippen LogP contribution in [0, 0.1) is 0 Å². The Morgan fingerprint density at radius 1 is 1.11 bits per heavy atom. The van der Waals surface area contributed by atoms with Crippen molar-refractivity contribution in [3.8, 4) is 0 Å². The van der Waals surface area contributed by atoms with Gasteiger partial charge in [-0.2, -0.15) is 0 Å². The highest BCUT2D eigenvalue weighted by Crippen LogP contribution is 1.84. The predicted molar refractivity (Wildman–Crippen MR) is 44.8 cm³/mol. The highest BCUT2D eigenvalue weighted by molar-refractivity contribution is 4.46. The smallest absolute Gasteiger partial charge is 0.00324 e. The number of nitrogens with zero attached hydrogens (tertiary/aromatic N) is 1. The lowest BCUT2D eigenvalue weighted by Gasteiger charge is -2.12. The van der Waals surface area contributed by atoms with Crippen molar-refractivity contribution < 1.29 is 0 Å². The predicted octanol–water partition coefficient (Wildman–Crippen LogP) is 2.37. The van der Waals surface area contributed by atoms with E-state index >= 15 is 0 Å². The van der Waals surface area contributed by atoms with E-state index in [0.29, 0.717) is 6.04 Å². The van der Waals surface area contributed by atoms with Gasteiger partial charge >= 0.3 is 0 Å². The minimum absolute atomic E-state index is 0.685. The molecular weight excluding hydrogens is 110 g/mol. The molecule has 0 aromatic carbocycles. The molecule has 0 saturated carbocycles. The van der Waals surface area contributed by atoms with Crippen molar-refractivity contribution in [2.24, 2.45) is 0 Å². The van der Waals surface area contributed by atoms with Crippen LogP contribution < -0.4 is 0 Å². The maximum atomic E-state index is 2.17. The highest BCUT2D eigenvalue weighted by Gasteiger charge is 1.90. The van der Waals surface area contributed by atoms with Crippen LogP contribution in [0.5, 0.6) is 0 Å². The van der Waals surface area contributed by atoms with Gasteiger partial charge in [0.25, 0.3) is 0 Å². The van der Waals surface area contributed by atoms with Gasteiger partial charge in [-0.1, -0.05) is 20.3 Å². The monoisotopic (exact) mass is 131 g/mol. The van der Waals surface area contributed by atoms with Crippen LogP contribution in [0.1, 0.15) is 34.1 Å². The molecule has 1 heteroatoms. The molecule has 0 saturated heterocycles. The van der Waals surface area contributed by atoms with Gasteiger partial charge in [-0.05, 0) is 27.9 Å². The van der Waals surface area contributed by atoms with E-state index in [2.05, 4.69) is 46.7 Å². The van der Waals surface area contributed by atoms with Gasteiger partial charge in [-0.3, -0.25) is 0 Å². The van der Waals surface area contributed by atoms with Crippen molar-refractivity contribution in [2.75, 3.05) is 14.1 Å². The molecule has 0 atom stereocenters. The van der Waals surface area contributed by atoms with E-state index in [9.17, 15) is 0 Å². The van der Waals surface area contributed by atoms with Gasteiger partial charge in [0.15, 0.2) is 0 Å². The lowest BCUT2D eigenvalue weighted by atomic mass is 10.4. The van der Waals surface area contributed by atoms with Crippen LogP contribution in [0.15, 0.2) is 0 Å². The molecule has 0 unspecified atom stereocenters. The SMILES string of the molecule is CC(C)N(C)C.CCC. The molecule has 0 bridgehead atoms. The second-order valence-corrected chi connectivity index (χ2v) is 2.76. The van der Waals surface area contributed by atoms with Crippen molar-refractivity contribution >= 4 is 0 Å². The third-order valence-electron chi connectivity index (χ3n) is 1.03. The number of hydrogen-bond donors (Lipinski definition) is 0. The molecule has 0 aromatic heterocycles. The lowest BCUT2D eigenvalue weighted by Crippen LogP contribution is -2.20. The number of hydrogen-bond acceptors (Lipinski definition) is 1. The van der Waals surface area contributed by atoms with E-state index in [0.717, 1.165) is 0 Å². The number of rotatable bonds is 1. The average molecular weight is 131 g/mol. The van der Waals surface area contributed by atoms with E-state index in [1.165, 1.54) is 6.42 Å². The third-order valence-corrected chi connectivity index (χ3v) is 1.03. The third kappa shape index (κ3) is 18.0. The molecule has 0 aliphatic heterocycles. The molecule has 0 radical (unpaired) electrons. The zero-order chi connectivity index (χ0) is 7.86. The first-order valence-electron chi connectivity index (χ1n) is 3.72. The molecule has 0 N–H and O–H groups in total. The molecule has 0 heterocycles. The largest absolute Gasteiger partial charge is 0.307 e. The Kier molecular flexibility index (Phi) is 10.4. The molecule has 0 amide bonds. The molecule has 0 aliphatic rings. The summed E-state index contributed by atoms with van der Waals surface area (Å²) in [4.78, 5) is 2.17. The van der Waals surface area contributed by atoms with Crippen molar-refractivity contribution in [1.29, 1.82) is 0 Å². The van der Waals surface area contributed by atoms with Crippen LogP contribution in [0.4, 0.5) is 0 Å². The van der Waals surface area contributed by atoms with Crippen LogP contribution in [0.3, 0.4) is 0 Å². The second kappa shape index (κ2) is 7.96. The molecule has 0 spiro atoms. The fraction of sp³-hybridized carbons (Fsp3) is 1.00. The van der Waals surface area contributed by atoms with Gasteiger partial charge in [-0.15, -0.1) is 0 Å². The van der Waals surface area contributed by atoms with E-state index < -0.39 is 0 Å². The zero-order valence-electron chi connectivity index (χ0n) is 7.73. The van der Waals surface area contributed by atoms with Crippen LogP contribution in [-0.4, -0.2) is 25.0 Å². The maximum Gasteiger partial charge on any atom is 0.00324 e. The van der Waals surface area contributed by atoms with Gasteiger partial charge in [0.2, 0.25) is 0 Å². The summed E-state index contributed by atoms with van der Waals surface area (Å²) in [5.41, 5.74) is 0. The van der Waals surface area contributed by atoms with Crippen molar-refractivity contribution in [1.82, 2.24) is 4.90 Å². The highest BCUT2D eigenvalue weighted by atomic mass is 15.1. The molecule has 0 aliphatic carbocycles. The standard InChI is InChI=1S/C5H13N.C3H8/c1-5(2)6(3)4;1-3-2/h5H,1-4H3;3H2,1-2H3. The van der Waals surface area contributed by atoms with Gasteiger partial charge < -0.3 is 4.90 Å². The summed E-state index contributed by atoms with van der Waals surface area (Å²) in [6.07, 6.45) is 1.25. The van der Waals surface area contributed by atoms with Gasteiger partial charge in [-0.25, -0.2) is 0 Å². The Labute approximate surface area is 60.1 Å². The molecule has 9 heavy (non-hydrogen) atoms. The van der Waals surface area contributed by atoms with Crippen molar-refractivity contribution in [3.63, 3.8) is 0 Å². The Balaban J connectivity index is 0. The summed E-state index contributed by atoms with van der Waals surface area (Å²) in [7, 11) is 4.15. The Morgan fingerprint density at radius 2 is 1.22 bits per heavy atom. The average Bonchev–Trinajstić information content (AvgIpc) is 1.68. The quantitative estimate of drug-likeness (QED) is 0.528. The van der Waals surface area contributed by atoms with Gasteiger partial charge in [0.1, 0.15) is 0 Å². The fourth-order valence-corrected chi connectivity index (χ4v) is 0. The summed E-state index contributed by atoms with van der Waals surface area (Å²) in [6, 6.07) is 0.685. The van der Waals surface area contributed by atoms with E-state index in [1.807, 2.05) is 0 Å².